The summed E-state index contributed by atoms with van der Waals surface area (Å²) in [4.78, 5) is 20.7. The molecule has 1 fully saturated rings. The number of rotatable bonds is 2. The van der Waals surface area contributed by atoms with Crippen molar-refractivity contribution in [2.75, 3.05) is 31.1 Å². The molecule has 1 aliphatic rings. The van der Waals surface area contributed by atoms with Crippen molar-refractivity contribution in [1.29, 1.82) is 0 Å². The third kappa shape index (κ3) is 2.71. The van der Waals surface area contributed by atoms with Gasteiger partial charge in [0, 0.05) is 37.4 Å². The van der Waals surface area contributed by atoms with Crippen molar-refractivity contribution in [2.45, 2.75) is 0 Å². The molecule has 1 amide bonds. The lowest BCUT2D eigenvalue weighted by Crippen LogP contribution is -2.48. The number of piperazine rings is 1. The Bertz CT molecular complexity index is 867. The first-order valence-electron chi connectivity index (χ1n) is 7.84. The normalized spacial score (nSPS) is 15.0. The Morgan fingerprint density at radius 3 is 2.54 bits per heavy atom. The molecule has 4 rings (SSSR count). The Hall–Kier alpha value is -2.89. The summed E-state index contributed by atoms with van der Waals surface area (Å²) in [7, 11) is 0. The second-order valence-electron chi connectivity index (χ2n) is 5.79. The van der Waals surface area contributed by atoms with E-state index >= 15 is 0 Å². The van der Waals surface area contributed by atoms with Gasteiger partial charge in [0.1, 0.15) is 11.3 Å². The molecule has 0 radical (unpaired) electrons. The number of hydrogen-bond acceptors (Lipinski definition) is 4. The highest BCUT2D eigenvalue weighted by molar-refractivity contribution is 5.97. The van der Waals surface area contributed by atoms with Crippen LogP contribution in [0.1, 0.15) is 10.4 Å². The minimum Gasteiger partial charge on any atom is -0.443 e. The summed E-state index contributed by atoms with van der Waals surface area (Å²) in [5.74, 6) is -0.241. The largest absolute Gasteiger partial charge is 0.443 e. The average Bonchev–Trinajstić information content (AvgIpc) is 3.09. The molecular formula is C18H16FN3O2. The van der Waals surface area contributed by atoms with Crippen molar-refractivity contribution >= 4 is 22.7 Å². The van der Waals surface area contributed by atoms with Crippen molar-refractivity contribution < 1.29 is 13.6 Å². The fraction of sp³-hybridized carbons (Fsp3) is 0.222. The molecule has 1 aliphatic heterocycles. The highest BCUT2D eigenvalue weighted by Crippen LogP contribution is 2.19. The van der Waals surface area contributed by atoms with Gasteiger partial charge in [-0.2, -0.15) is 0 Å². The van der Waals surface area contributed by atoms with E-state index in [1.165, 1.54) is 18.5 Å². The minimum atomic E-state index is -0.240. The van der Waals surface area contributed by atoms with E-state index in [9.17, 15) is 9.18 Å². The van der Waals surface area contributed by atoms with Crippen LogP contribution in [-0.4, -0.2) is 42.0 Å². The Morgan fingerprint density at radius 1 is 1.04 bits per heavy atom. The molecule has 2 heterocycles. The Balaban J connectivity index is 1.44. The van der Waals surface area contributed by atoms with Crippen LogP contribution >= 0.6 is 0 Å². The summed E-state index contributed by atoms with van der Waals surface area (Å²) in [5.41, 5.74) is 2.96. The maximum atomic E-state index is 13.0. The topological polar surface area (TPSA) is 49.6 Å². The third-order valence-corrected chi connectivity index (χ3v) is 4.34. The first kappa shape index (κ1) is 14.7. The van der Waals surface area contributed by atoms with Gasteiger partial charge in [-0.1, -0.05) is 0 Å². The summed E-state index contributed by atoms with van der Waals surface area (Å²) < 4.78 is 18.2. The predicted molar refractivity (Wildman–Crippen MR) is 88.5 cm³/mol. The van der Waals surface area contributed by atoms with Crippen LogP contribution in [0, 0.1) is 5.82 Å². The molecule has 2 aromatic carbocycles. The Labute approximate surface area is 138 Å². The number of carbonyl (C=O) groups is 1. The molecule has 0 unspecified atom stereocenters. The molecule has 0 spiro atoms. The van der Waals surface area contributed by atoms with Crippen LogP contribution in [-0.2, 0) is 0 Å². The van der Waals surface area contributed by atoms with E-state index < -0.39 is 0 Å². The number of carbonyl (C=O) groups excluding carboxylic acids is 1. The van der Waals surface area contributed by atoms with Gasteiger partial charge in [0.05, 0.1) is 0 Å². The van der Waals surface area contributed by atoms with Gasteiger partial charge in [0.15, 0.2) is 12.0 Å². The van der Waals surface area contributed by atoms with Gasteiger partial charge in [-0.15, -0.1) is 0 Å². The number of nitrogens with zero attached hydrogens (tertiary/aromatic N) is 3. The monoisotopic (exact) mass is 325 g/mol. The molecule has 122 valence electrons. The molecule has 0 saturated carbocycles. The zero-order chi connectivity index (χ0) is 16.5. The van der Waals surface area contributed by atoms with Crippen molar-refractivity contribution in [3.63, 3.8) is 0 Å². The molecule has 1 saturated heterocycles. The molecule has 1 aromatic heterocycles. The Kier molecular flexibility index (Phi) is 3.65. The van der Waals surface area contributed by atoms with Gasteiger partial charge in [0.25, 0.3) is 5.91 Å². The minimum absolute atomic E-state index is 0.00124. The number of aromatic nitrogens is 1. The van der Waals surface area contributed by atoms with Crippen LogP contribution < -0.4 is 4.90 Å². The number of anilines is 1. The molecular weight excluding hydrogens is 309 g/mol. The van der Waals surface area contributed by atoms with Crippen LogP contribution in [0.15, 0.2) is 53.3 Å². The summed E-state index contributed by atoms with van der Waals surface area (Å²) in [6.45, 7) is 2.72. The Morgan fingerprint density at radius 2 is 1.79 bits per heavy atom. The molecule has 24 heavy (non-hydrogen) atoms. The quantitative estimate of drug-likeness (QED) is 0.727. The number of benzene rings is 2. The van der Waals surface area contributed by atoms with E-state index in [2.05, 4.69) is 9.88 Å². The van der Waals surface area contributed by atoms with Gasteiger partial charge < -0.3 is 14.2 Å². The molecule has 0 N–H and O–H groups in total. The molecule has 3 aromatic rings. The number of hydrogen-bond donors (Lipinski definition) is 0. The highest BCUT2D eigenvalue weighted by Gasteiger charge is 2.22. The first-order chi connectivity index (χ1) is 11.7. The van der Waals surface area contributed by atoms with E-state index in [0.29, 0.717) is 29.8 Å². The van der Waals surface area contributed by atoms with Crippen LogP contribution in [0.4, 0.5) is 10.1 Å². The van der Waals surface area contributed by atoms with Crippen molar-refractivity contribution in [3.8, 4) is 0 Å². The number of fused-ring (bicyclic) bond motifs is 1. The zero-order valence-corrected chi connectivity index (χ0v) is 13.0. The summed E-state index contributed by atoms with van der Waals surface area (Å²) in [6.07, 6.45) is 1.38. The third-order valence-electron chi connectivity index (χ3n) is 4.34. The van der Waals surface area contributed by atoms with E-state index in [0.717, 1.165) is 18.8 Å². The van der Waals surface area contributed by atoms with Crippen LogP contribution in [0.25, 0.3) is 11.1 Å². The molecule has 0 bridgehead atoms. The lowest BCUT2D eigenvalue weighted by Gasteiger charge is -2.36. The lowest BCUT2D eigenvalue weighted by atomic mass is 10.1. The molecule has 5 nitrogen and oxygen atoms in total. The zero-order valence-electron chi connectivity index (χ0n) is 13.0. The number of oxazole rings is 1. The van der Waals surface area contributed by atoms with Crippen molar-refractivity contribution in [2.24, 2.45) is 0 Å². The van der Waals surface area contributed by atoms with Gasteiger partial charge in [-0.3, -0.25) is 4.79 Å². The SMILES string of the molecule is O=C(c1ccc2ocnc2c1)N1CCN(c2ccc(F)cc2)CC1. The van der Waals surface area contributed by atoms with Crippen LogP contribution in [0.2, 0.25) is 0 Å². The van der Waals surface area contributed by atoms with Gasteiger partial charge in [-0.25, -0.2) is 9.37 Å². The van der Waals surface area contributed by atoms with Gasteiger partial charge >= 0.3 is 0 Å². The fourth-order valence-electron chi connectivity index (χ4n) is 2.99. The molecule has 0 aliphatic carbocycles. The predicted octanol–water partition coefficient (Wildman–Crippen LogP) is 2.93. The molecule has 6 heteroatoms. The van der Waals surface area contributed by atoms with Gasteiger partial charge in [-0.05, 0) is 42.5 Å². The fourth-order valence-corrected chi connectivity index (χ4v) is 2.99. The summed E-state index contributed by atoms with van der Waals surface area (Å²) >= 11 is 0. The van der Waals surface area contributed by atoms with Crippen molar-refractivity contribution in [3.05, 3.63) is 60.2 Å². The van der Waals surface area contributed by atoms with Crippen LogP contribution in [0.5, 0.6) is 0 Å². The van der Waals surface area contributed by atoms with Crippen molar-refractivity contribution in [1.82, 2.24) is 9.88 Å². The maximum absolute atomic E-state index is 13.0. The van der Waals surface area contributed by atoms with E-state index in [1.807, 2.05) is 4.90 Å². The summed E-state index contributed by atoms with van der Waals surface area (Å²) in [6, 6.07) is 11.7. The number of halogens is 1. The second-order valence-corrected chi connectivity index (χ2v) is 5.79. The summed E-state index contributed by atoms with van der Waals surface area (Å²) in [5, 5.41) is 0. The first-order valence-corrected chi connectivity index (χ1v) is 7.84. The van der Waals surface area contributed by atoms with Gasteiger partial charge in [0.2, 0.25) is 0 Å². The smallest absolute Gasteiger partial charge is 0.254 e. The lowest BCUT2D eigenvalue weighted by molar-refractivity contribution is 0.0747. The number of amides is 1. The van der Waals surface area contributed by atoms with E-state index in [4.69, 9.17) is 4.42 Å². The van der Waals surface area contributed by atoms with E-state index in [1.54, 1.807) is 30.3 Å². The molecule has 0 atom stereocenters. The van der Waals surface area contributed by atoms with Crippen LogP contribution in [0.3, 0.4) is 0 Å². The average molecular weight is 325 g/mol. The standard InChI is InChI=1S/C18H16FN3O2/c19-14-2-4-15(5-3-14)21-7-9-22(10-8-21)18(23)13-1-6-17-16(11-13)20-12-24-17/h1-6,11-12H,7-10H2. The maximum Gasteiger partial charge on any atom is 0.254 e. The van der Waals surface area contributed by atoms with E-state index in [-0.39, 0.29) is 11.7 Å². The highest BCUT2D eigenvalue weighted by atomic mass is 19.1. The second kappa shape index (κ2) is 5.96.